The third-order valence-corrected chi connectivity index (χ3v) is 11.2. The van der Waals surface area contributed by atoms with Crippen LogP contribution in [0.25, 0.3) is 116 Å². The molecule has 5 nitrogen and oxygen atoms in total. The van der Waals surface area contributed by atoms with E-state index in [0.717, 1.165) is 66.1 Å². The van der Waals surface area contributed by atoms with Gasteiger partial charge in [-0.15, -0.1) is 0 Å². The van der Waals surface area contributed by atoms with E-state index >= 15 is 0 Å². The Morgan fingerprint density at radius 1 is 0.375 bits per heavy atom. The molecule has 5 heteroatoms. The summed E-state index contributed by atoms with van der Waals surface area (Å²) < 4.78 is 9.26. The highest BCUT2D eigenvalue weighted by molar-refractivity contribution is 6.22. The number of hydrogen-bond acceptors (Lipinski definition) is 4. The van der Waals surface area contributed by atoms with Crippen LogP contribution in [-0.4, -0.2) is 19.5 Å². The molecule has 0 aliphatic carbocycles. The van der Waals surface area contributed by atoms with Gasteiger partial charge in [-0.05, 0) is 57.3 Å². The summed E-state index contributed by atoms with van der Waals surface area (Å²) in [7, 11) is 0. The number of rotatable bonds is 4. The fourth-order valence-electron chi connectivity index (χ4n) is 8.58. The Labute approximate surface area is 320 Å². The SMILES string of the molecule is c1ccc(-c2nc(-c3cc(-n4c5cc6ccccc6cc5c5ccc6ccccc6c54)c4oc5ccccc5c4c3)nc(-c3cccc4ccccc34)n2)cc1. The second kappa shape index (κ2) is 11.9. The maximum Gasteiger partial charge on any atom is 0.164 e. The van der Waals surface area contributed by atoms with Crippen molar-refractivity contribution in [1.82, 2.24) is 19.5 Å². The van der Waals surface area contributed by atoms with E-state index in [9.17, 15) is 0 Å². The molecule has 0 atom stereocenters. The second-order valence-corrected chi connectivity index (χ2v) is 14.4. The van der Waals surface area contributed by atoms with Crippen LogP contribution in [0.1, 0.15) is 0 Å². The van der Waals surface area contributed by atoms with Crippen LogP contribution in [0.4, 0.5) is 0 Å². The Morgan fingerprint density at radius 3 is 1.82 bits per heavy atom. The summed E-state index contributed by atoms with van der Waals surface area (Å²) in [6, 6.07) is 63.9. The minimum Gasteiger partial charge on any atom is -0.454 e. The molecule has 0 spiro atoms. The molecule has 0 bridgehead atoms. The van der Waals surface area contributed by atoms with Crippen molar-refractivity contribution in [2.24, 2.45) is 0 Å². The number of para-hydroxylation sites is 1. The van der Waals surface area contributed by atoms with Gasteiger partial charge >= 0.3 is 0 Å². The van der Waals surface area contributed by atoms with Crippen LogP contribution in [0.5, 0.6) is 0 Å². The quantitative estimate of drug-likeness (QED) is 0.182. The van der Waals surface area contributed by atoms with Crippen LogP contribution in [0.3, 0.4) is 0 Å². The highest BCUT2D eigenvalue weighted by Crippen LogP contribution is 2.43. The van der Waals surface area contributed by atoms with Crippen molar-refractivity contribution in [1.29, 1.82) is 0 Å². The van der Waals surface area contributed by atoms with Crippen LogP contribution in [0.2, 0.25) is 0 Å². The Morgan fingerprint density at radius 2 is 1.00 bits per heavy atom. The van der Waals surface area contributed by atoms with Gasteiger partial charge in [-0.25, -0.2) is 15.0 Å². The molecule has 0 aliphatic rings. The Bertz CT molecular complexity index is 3540. The van der Waals surface area contributed by atoms with E-state index in [1.807, 2.05) is 30.3 Å². The van der Waals surface area contributed by atoms with E-state index < -0.39 is 0 Å². The zero-order valence-electron chi connectivity index (χ0n) is 30.0. The average Bonchev–Trinajstić information content (AvgIpc) is 3.81. The van der Waals surface area contributed by atoms with Gasteiger partial charge in [-0.2, -0.15) is 0 Å². The van der Waals surface area contributed by atoms with E-state index in [0.29, 0.717) is 17.5 Å². The lowest BCUT2D eigenvalue weighted by atomic mass is 10.0. The predicted molar refractivity (Wildman–Crippen MR) is 230 cm³/mol. The first kappa shape index (κ1) is 30.8. The van der Waals surface area contributed by atoms with Gasteiger partial charge < -0.3 is 8.98 Å². The molecular weight excluding hydrogens is 685 g/mol. The summed E-state index contributed by atoms with van der Waals surface area (Å²) >= 11 is 0. The smallest absolute Gasteiger partial charge is 0.164 e. The molecule has 12 rings (SSSR count). The monoisotopic (exact) mass is 714 g/mol. The highest BCUT2D eigenvalue weighted by Gasteiger charge is 2.23. The lowest BCUT2D eigenvalue weighted by Crippen LogP contribution is -2.02. The molecule has 0 saturated carbocycles. The van der Waals surface area contributed by atoms with Crippen LogP contribution < -0.4 is 0 Å². The molecule has 3 heterocycles. The van der Waals surface area contributed by atoms with Gasteiger partial charge in [-0.1, -0.05) is 152 Å². The Hall–Kier alpha value is -7.63. The normalized spacial score (nSPS) is 11.9. The molecule has 56 heavy (non-hydrogen) atoms. The number of furan rings is 1. The molecule has 3 aromatic heterocycles. The van der Waals surface area contributed by atoms with E-state index in [1.54, 1.807) is 0 Å². The fourth-order valence-corrected chi connectivity index (χ4v) is 8.58. The van der Waals surface area contributed by atoms with E-state index in [4.69, 9.17) is 19.4 Å². The number of aromatic nitrogens is 4. The lowest BCUT2D eigenvalue weighted by molar-refractivity contribution is 0.666. The number of benzene rings is 9. The molecule has 0 saturated heterocycles. The first-order chi connectivity index (χ1) is 27.7. The molecule has 0 N–H and O–H groups in total. The molecular formula is C51H30N4O. The Kier molecular flexibility index (Phi) is 6.56. The van der Waals surface area contributed by atoms with Gasteiger partial charge in [0.1, 0.15) is 5.58 Å². The van der Waals surface area contributed by atoms with Gasteiger partial charge in [0, 0.05) is 43.6 Å². The fraction of sp³-hybridized carbons (Fsp3) is 0. The van der Waals surface area contributed by atoms with E-state index in [-0.39, 0.29) is 0 Å². The Balaban J connectivity index is 1.22. The first-order valence-corrected chi connectivity index (χ1v) is 18.9. The molecule has 260 valence electrons. The maximum atomic E-state index is 6.86. The topological polar surface area (TPSA) is 56.7 Å². The van der Waals surface area contributed by atoms with Gasteiger partial charge in [0.25, 0.3) is 0 Å². The van der Waals surface area contributed by atoms with Gasteiger partial charge in [-0.3, -0.25) is 0 Å². The average molecular weight is 715 g/mol. The van der Waals surface area contributed by atoms with Crippen molar-refractivity contribution in [3.05, 3.63) is 182 Å². The minimum atomic E-state index is 0.589. The maximum absolute atomic E-state index is 6.86. The summed E-state index contributed by atoms with van der Waals surface area (Å²) in [5.74, 6) is 1.83. The van der Waals surface area contributed by atoms with Gasteiger partial charge in [0.15, 0.2) is 23.1 Å². The third kappa shape index (κ3) is 4.64. The molecule has 0 aliphatic heterocycles. The zero-order valence-corrected chi connectivity index (χ0v) is 30.0. The minimum absolute atomic E-state index is 0.589. The van der Waals surface area contributed by atoms with Crippen LogP contribution >= 0.6 is 0 Å². The summed E-state index contributed by atoms with van der Waals surface area (Å²) in [5, 5.41) is 11.4. The summed E-state index contributed by atoms with van der Waals surface area (Å²) in [5.41, 5.74) is 7.55. The number of nitrogens with zero attached hydrogens (tertiary/aromatic N) is 4. The summed E-state index contributed by atoms with van der Waals surface area (Å²) in [6.07, 6.45) is 0. The van der Waals surface area contributed by atoms with Crippen molar-refractivity contribution in [3.63, 3.8) is 0 Å². The van der Waals surface area contributed by atoms with Crippen LogP contribution in [0, 0.1) is 0 Å². The van der Waals surface area contributed by atoms with Crippen molar-refractivity contribution in [2.75, 3.05) is 0 Å². The predicted octanol–water partition coefficient (Wildman–Crippen LogP) is 13.3. The summed E-state index contributed by atoms with van der Waals surface area (Å²) in [4.78, 5) is 15.6. The molecule has 0 radical (unpaired) electrons. The molecule has 12 aromatic rings. The van der Waals surface area contributed by atoms with Crippen molar-refractivity contribution in [3.8, 4) is 39.9 Å². The molecule has 0 fully saturated rings. The van der Waals surface area contributed by atoms with Gasteiger partial charge in [0.2, 0.25) is 0 Å². The standard InChI is InChI=1S/C51H30N4O/c1-2-15-33(16-3-1)49-52-50(54-51(53-49)41-23-12-19-31-13-6-8-20-37(31)41)36-28-43-39-22-10-11-24-46(39)56-48(43)45(30-36)55-44-29-35-18-5-4-17-34(35)27-42(44)40-26-25-32-14-7-9-21-38(32)47(40)55/h1-30H. The molecule has 0 amide bonds. The zero-order chi connectivity index (χ0) is 36.7. The van der Waals surface area contributed by atoms with E-state index in [1.165, 1.54) is 32.3 Å². The molecule has 0 unspecified atom stereocenters. The third-order valence-electron chi connectivity index (χ3n) is 11.2. The summed E-state index contributed by atoms with van der Waals surface area (Å²) in [6.45, 7) is 0. The number of fused-ring (bicyclic) bond motifs is 10. The lowest BCUT2D eigenvalue weighted by Gasteiger charge is -2.14. The van der Waals surface area contributed by atoms with Gasteiger partial charge in [0.05, 0.1) is 16.7 Å². The van der Waals surface area contributed by atoms with E-state index in [2.05, 4.69) is 156 Å². The van der Waals surface area contributed by atoms with Crippen molar-refractivity contribution in [2.45, 2.75) is 0 Å². The van der Waals surface area contributed by atoms with Crippen LogP contribution in [-0.2, 0) is 0 Å². The second-order valence-electron chi connectivity index (χ2n) is 14.4. The highest BCUT2D eigenvalue weighted by atomic mass is 16.3. The van der Waals surface area contributed by atoms with Crippen LogP contribution in [0.15, 0.2) is 186 Å². The molecule has 9 aromatic carbocycles. The van der Waals surface area contributed by atoms with Crippen molar-refractivity contribution < 1.29 is 4.42 Å². The number of hydrogen-bond donors (Lipinski definition) is 0. The first-order valence-electron chi connectivity index (χ1n) is 18.9. The van der Waals surface area contributed by atoms with Crippen molar-refractivity contribution >= 4 is 76.1 Å². The largest absolute Gasteiger partial charge is 0.454 e.